The summed E-state index contributed by atoms with van der Waals surface area (Å²) in [6.07, 6.45) is 4.16. The van der Waals surface area contributed by atoms with Crippen LogP contribution in [0.5, 0.6) is 0 Å². The van der Waals surface area contributed by atoms with Crippen LogP contribution in [0.1, 0.15) is 60.3 Å². The molecule has 2 unspecified atom stereocenters. The second kappa shape index (κ2) is 8.95. The Hall–Kier alpha value is -0.0500. The van der Waals surface area contributed by atoms with E-state index in [2.05, 4.69) is 55.9 Å². The van der Waals surface area contributed by atoms with Crippen molar-refractivity contribution in [2.24, 2.45) is 17.3 Å². The highest BCUT2D eigenvalue weighted by Crippen LogP contribution is 2.27. The summed E-state index contributed by atoms with van der Waals surface area (Å²) < 4.78 is 0. The average Bonchev–Trinajstić information content (AvgIpc) is 2.25. The highest BCUT2D eigenvalue weighted by Gasteiger charge is 2.22. The first-order valence-electron chi connectivity index (χ1n) is 7.13. The molecule has 0 saturated heterocycles. The van der Waals surface area contributed by atoms with Gasteiger partial charge in [-0.25, -0.2) is 0 Å². The molecule has 0 aliphatic carbocycles. The maximum Gasteiger partial charge on any atom is 0.220 e. The molecule has 108 valence electrons. The molecule has 18 heavy (non-hydrogen) atoms. The van der Waals surface area contributed by atoms with E-state index in [0.717, 1.165) is 18.3 Å². The van der Waals surface area contributed by atoms with Crippen molar-refractivity contribution in [3.8, 4) is 0 Å². The quantitative estimate of drug-likeness (QED) is 0.661. The van der Waals surface area contributed by atoms with Crippen molar-refractivity contribution in [3.63, 3.8) is 0 Å². The zero-order chi connectivity index (χ0) is 14.2. The SMILES string of the molecule is CCCC(CCBr)CNC(=O)CC(C)C(C)(C)C. The summed E-state index contributed by atoms with van der Waals surface area (Å²) in [5, 5.41) is 4.12. The van der Waals surface area contributed by atoms with Crippen LogP contribution < -0.4 is 5.32 Å². The third kappa shape index (κ3) is 8.12. The van der Waals surface area contributed by atoms with Gasteiger partial charge in [-0.15, -0.1) is 0 Å². The predicted molar refractivity (Wildman–Crippen MR) is 83.1 cm³/mol. The van der Waals surface area contributed by atoms with Crippen molar-refractivity contribution in [1.82, 2.24) is 5.32 Å². The van der Waals surface area contributed by atoms with E-state index in [-0.39, 0.29) is 11.3 Å². The predicted octanol–water partition coefficient (Wildman–Crippen LogP) is 4.38. The molecule has 0 radical (unpaired) electrons. The fourth-order valence-corrected chi connectivity index (χ4v) is 2.47. The summed E-state index contributed by atoms with van der Waals surface area (Å²) in [4.78, 5) is 11.9. The number of halogens is 1. The van der Waals surface area contributed by atoms with Gasteiger partial charge in [0.15, 0.2) is 0 Å². The Morgan fingerprint density at radius 2 is 1.89 bits per heavy atom. The minimum absolute atomic E-state index is 0.202. The summed E-state index contributed by atoms with van der Waals surface area (Å²) >= 11 is 3.48. The van der Waals surface area contributed by atoms with E-state index < -0.39 is 0 Å². The van der Waals surface area contributed by atoms with Crippen LogP contribution in [0.3, 0.4) is 0 Å². The molecule has 0 aromatic rings. The smallest absolute Gasteiger partial charge is 0.220 e. The molecule has 0 aliphatic heterocycles. The minimum Gasteiger partial charge on any atom is -0.356 e. The molecule has 0 heterocycles. The van der Waals surface area contributed by atoms with Crippen LogP contribution in [0.2, 0.25) is 0 Å². The molecule has 0 saturated carbocycles. The maximum absolute atomic E-state index is 11.9. The molecule has 1 N–H and O–H groups in total. The Bertz CT molecular complexity index is 229. The number of amides is 1. The van der Waals surface area contributed by atoms with Gasteiger partial charge in [-0.1, -0.05) is 57.0 Å². The molecule has 0 spiro atoms. The summed E-state index contributed by atoms with van der Waals surface area (Å²) in [6.45, 7) is 11.8. The van der Waals surface area contributed by atoms with Crippen molar-refractivity contribution >= 4 is 21.8 Å². The lowest BCUT2D eigenvalue weighted by molar-refractivity contribution is -0.122. The maximum atomic E-state index is 11.9. The number of nitrogens with one attached hydrogen (secondary N) is 1. The molecular formula is C15H30BrNO. The van der Waals surface area contributed by atoms with Crippen LogP contribution in [0.25, 0.3) is 0 Å². The number of carbonyl (C=O) groups is 1. The third-order valence-corrected chi connectivity index (χ3v) is 4.23. The zero-order valence-electron chi connectivity index (χ0n) is 12.7. The Kier molecular flexibility index (Phi) is 8.93. The summed E-state index contributed by atoms with van der Waals surface area (Å²) in [6, 6.07) is 0. The molecule has 0 rings (SSSR count). The molecule has 1 amide bonds. The minimum atomic E-state index is 0.202. The van der Waals surface area contributed by atoms with Crippen molar-refractivity contribution in [2.75, 3.05) is 11.9 Å². The van der Waals surface area contributed by atoms with Gasteiger partial charge in [-0.3, -0.25) is 4.79 Å². The molecule has 2 nitrogen and oxygen atoms in total. The second-order valence-corrected chi connectivity index (χ2v) is 7.20. The molecule has 0 aliphatic rings. The Morgan fingerprint density at radius 3 is 2.33 bits per heavy atom. The van der Waals surface area contributed by atoms with E-state index in [4.69, 9.17) is 0 Å². The van der Waals surface area contributed by atoms with Crippen LogP contribution in [-0.2, 0) is 4.79 Å². The number of rotatable bonds is 8. The zero-order valence-corrected chi connectivity index (χ0v) is 14.3. The van der Waals surface area contributed by atoms with Crippen LogP contribution in [0.4, 0.5) is 0 Å². The van der Waals surface area contributed by atoms with E-state index in [1.165, 1.54) is 12.8 Å². The van der Waals surface area contributed by atoms with Gasteiger partial charge in [0.05, 0.1) is 0 Å². The lowest BCUT2D eigenvalue weighted by Crippen LogP contribution is -2.32. The molecule has 0 aromatic carbocycles. The second-order valence-electron chi connectivity index (χ2n) is 6.41. The van der Waals surface area contributed by atoms with Gasteiger partial charge in [0.1, 0.15) is 0 Å². The number of alkyl halides is 1. The van der Waals surface area contributed by atoms with Crippen molar-refractivity contribution < 1.29 is 4.79 Å². The van der Waals surface area contributed by atoms with Crippen molar-refractivity contribution in [2.45, 2.75) is 60.3 Å². The van der Waals surface area contributed by atoms with Crippen LogP contribution >= 0.6 is 15.9 Å². The first-order valence-corrected chi connectivity index (χ1v) is 8.26. The first kappa shape index (κ1) is 17.9. The third-order valence-electron chi connectivity index (χ3n) is 3.77. The topological polar surface area (TPSA) is 29.1 Å². The first-order chi connectivity index (χ1) is 8.31. The van der Waals surface area contributed by atoms with Gasteiger partial charge in [0.25, 0.3) is 0 Å². The molecule has 0 fully saturated rings. The lowest BCUT2D eigenvalue weighted by Gasteiger charge is -2.27. The van der Waals surface area contributed by atoms with E-state index in [0.29, 0.717) is 18.3 Å². The number of hydrogen-bond donors (Lipinski definition) is 1. The highest BCUT2D eigenvalue weighted by atomic mass is 79.9. The molecule has 0 aromatic heterocycles. The molecule has 2 atom stereocenters. The van der Waals surface area contributed by atoms with Gasteiger partial charge in [-0.05, 0) is 30.1 Å². The summed E-state index contributed by atoms with van der Waals surface area (Å²) in [5.74, 6) is 1.23. The van der Waals surface area contributed by atoms with Crippen LogP contribution in [0, 0.1) is 17.3 Å². The Labute approximate surface area is 121 Å². The fourth-order valence-electron chi connectivity index (χ4n) is 1.83. The van der Waals surface area contributed by atoms with Gasteiger partial charge < -0.3 is 5.32 Å². The van der Waals surface area contributed by atoms with Crippen molar-refractivity contribution in [1.29, 1.82) is 0 Å². The summed E-state index contributed by atoms with van der Waals surface area (Å²) in [7, 11) is 0. The van der Waals surface area contributed by atoms with Gasteiger partial charge in [0, 0.05) is 18.3 Å². The number of carbonyl (C=O) groups excluding carboxylic acids is 1. The van der Waals surface area contributed by atoms with E-state index in [1.54, 1.807) is 0 Å². The normalized spacial score (nSPS) is 15.2. The van der Waals surface area contributed by atoms with Gasteiger partial charge >= 0.3 is 0 Å². The van der Waals surface area contributed by atoms with Gasteiger partial charge in [-0.2, -0.15) is 0 Å². The Morgan fingerprint density at radius 1 is 1.28 bits per heavy atom. The Balaban J connectivity index is 4.00. The largest absolute Gasteiger partial charge is 0.356 e. The van der Waals surface area contributed by atoms with Gasteiger partial charge in [0.2, 0.25) is 5.91 Å². The van der Waals surface area contributed by atoms with Crippen LogP contribution in [0.15, 0.2) is 0 Å². The van der Waals surface area contributed by atoms with E-state index >= 15 is 0 Å². The number of hydrogen-bond acceptors (Lipinski definition) is 1. The van der Waals surface area contributed by atoms with Crippen LogP contribution in [-0.4, -0.2) is 17.8 Å². The average molecular weight is 320 g/mol. The monoisotopic (exact) mass is 319 g/mol. The molecular weight excluding hydrogens is 290 g/mol. The summed E-state index contributed by atoms with van der Waals surface area (Å²) in [5.41, 5.74) is 0.204. The standard InChI is InChI=1S/C15H30BrNO/c1-6-7-13(8-9-16)11-17-14(18)10-12(2)15(3,4)5/h12-13H,6-11H2,1-5H3,(H,17,18). The fraction of sp³-hybridized carbons (Fsp3) is 0.933. The van der Waals surface area contributed by atoms with E-state index in [1.807, 2.05) is 0 Å². The molecule has 3 heteroatoms. The van der Waals surface area contributed by atoms with Crippen molar-refractivity contribution in [3.05, 3.63) is 0 Å². The lowest BCUT2D eigenvalue weighted by atomic mass is 9.80. The highest BCUT2D eigenvalue weighted by molar-refractivity contribution is 9.09. The molecule has 0 bridgehead atoms. The van der Waals surface area contributed by atoms with E-state index in [9.17, 15) is 4.79 Å².